The van der Waals surface area contributed by atoms with Crippen LogP contribution >= 0.6 is 0 Å². The van der Waals surface area contributed by atoms with E-state index in [0.29, 0.717) is 54.1 Å². The minimum absolute atomic E-state index is 0.0666. The van der Waals surface area contributed by atoms with Crippen LogP contribution in [-0.2, 0) is 13.2 Å². The van der Waals surface area contributed by atoms with Crippen molar-refractivity contribution in [1.82, 2.24) is 30.3 Å². The lowest BCUT2D eigenvalue weighted by Crippen LogP contribution is -2.32. The van der Waals surface area contributed by atoms with Crippen molar-refractivity contribution >= 4 is 22.9 Å². The first kappa shape index (κ1) is 34.7. The van der Waals surface area contributed by atoms with Gasteiger partial charge in [0.2, 0.25) is 5.56 Å². The number of aromatic hydroxyl groups is 1. The van der Waals surface area contributed by atoms with E-state index >= 15 is 0 Å². The number of phenolic OH excluding ortho intramolecular Hbond substituents is 1. The van der Waals surface area contributed by atoms with Gasteiger partial charge in [-0.05, 0) is 66.9 Å². The molecule has 256 valence electrons. The molecule has 6 N–H and O–H groups in total. The molecule has 2 aromatic heterocycles. The van der Waals surface area contributed by atoms with Crippen LogP contribution < -0.4 is 20.9 Å². The number of aromatic nitrogens is 3. The van der Waals surface area contributed by atoms with Gasteiger partial charge >= 0.3 is 6.09 Å². The monoisotopic (exact) mass is 668 g/mol. The maximum atomic E-state index is 13.4. The molecule has 2 heterocycles. The number of carbonyl (C=O) groups excluding carboxylic acids is 1. The maximum absolute atomic E-state index is 13.4. The number of benzene rings is 3. The summed E-state index contributed by atoms with van der Waals surface area (Å²) in [5, 5.41) is 41.2. The van der Waals surface area contributed by atoms with Gasteiger partial charge in [0.1, 0.15) is 29.5 Å². The number of nitrogens with zero attached hydrogens (tertiary/aromatic N) is 3. The number of ether oxygens (including phenoxy) is 1. The van der Waals surface area contributed by atoms with E-state index in [1.807, 2.05) is 43.3 Å². The molecule has 0 saturated heterocycles. The highest BCUT2D eigenvalue weighted by atomic mass is 16.5. The average molecular weight is 669 g/mol. The maximum Gasteiger partial charge on any atom is 0.405 e. The molecule has 2 amide bonds. The minimum Gasteiger partial charge on any atom is -0.506 e. The van der Waals surface area contributed by atoms with E-state index < -0.39 is 18.2 Å². The quantitative estimate of drug-likeness (QED) is 0.0892. The van der Waals surface area contributed by atoms with Crippen LogP contribution in [0.15, 0.2) is 89.7 Å². The molecular formula is C36H40N6O7. The van der Waals surface area contributed by atoms with Gasteiger partial charge in [-0.25, -0.2) is 4.79 Å². The molecule has 5 rings (SSSR count). The summed E-state index contributed by atoms with van der Waals surface area (Å²) in [6, 6.07) is 23.6. The van der Waals surface area contributed by atoms with Gasteiger partial charge < -0.3 is 40.6 Å². The Hall–Kier alpha value is -5.66. The number of hydrogen-bond acceptors (Lipinski definition) is 8. The Balaban J connectivity index is 1.14. The number of aromatic amines is 1. The van der Waals surface area contributed by atoms with Crippen molar-refractivity contribution in [3.8, 4) is 11.5 Å². The first-order chi connectivity index (χ1) is 23.6. The second kappa shape index (κ2) is 16.0. The van der Waals surface area contributed by atoms with Crippen LogP contribution in [0.25, 0.3) is 10.9 Å². The smallest absolute Gasteiger partial charge is 0.405 e. The molecule has 0 radical (unpaired) electrons. The molecule has 0 saturated carbocycles. The molecule has 0 aliphatic rings. The van der Waals surface area contributed by atoms with Crippen molar-refractivity contribution in [2.24, 2.45) is 0 Å². The Bertz CT molecular complexity index is 1960. The van der Waals surface area contributed by atoms with Gasteiger partial charge in [-0.3, -0.25) is 14.3 Å². The number of hydrogen-bond donors (Lipinski definition) is 6. The number of amides is 2. The van der Waals surface area contributed by atoms with Gasteiger partial charge in [0.25, 0.3) is 5.91 Å². The summed E-state index contributed by atoms with van der Waals surface area (Å²) in [7, 11) is 1.73. The van der Waals surface area contributed by atoms with Crippen LogP contribution in [0.3, 0.4) is 0 Å². The number of fused-ring (bicyclic) bond motifs is 1. The summed E-state index contributed by atoms with van der Waals surface area (Å²) in [5.74, 6) is 0.286. The molecule has 13 nitrogen and oxygen atoms in total. The fourth-order valence-electron chi connectivity index (χ4n) is 5.66. The van der Waals surface area contributed by atoms with E-state index in [9.17, 15) is 29.7 Å². The summed E-state index contributed by atoms with van der Waals surface area (Å²) < 4.78 is 7.66. The number of rotatable bonds is 15. The summed E-state index contributed by atoms with van der Waals surface area (Å²) in [5.41, 5.74) is 3.05. The second-order valence-corrected chi connectivity index (χ2v) is 11.6. The molecule has 0 spiro atoms. The van der Waals surface area contributed by atoms with Gasteiger partial charge in [-0.2, -0.15) is 5.10 Å². The Morgan fingerprint density at radius 3 is 2.55 bits per heavy atom. The van der Waals surface area contributed by atoms with E-state index in [1.165, 1.54) is 12.1 Å². The second-order valence-electron chi connectivity index (χ2n) is 11.6. The average Bonchev–Trinajstić information content (AvgIpc) is 3.53. The van der Waals surface area contributed by atoms with Gasteiger partial charge in [-0.1, -0.05) is 48.5 Å². The number of carbonyl (C=O) groups is 2. The third-order valence-electron chi connectivity index (χ3n) is 8.13. The van der Waals surface area contributed by atoms with E-state index in [1.54, 1.807) is 53.0 Å². The molecule has 3 aromatic carbocycles. The van der Waals surface area contributed by atoms with Gasteiger partial charge in [0.05, 0.1) is 17.7 Å². The fourth-order valence-corrected chi connectivity index (χ4v) is 5.66. The topological polar surface area (TPSA) is 182 Å². The number of phenols is 1. The molecule has 49 heavy (non-hydrogen) atoms. The van der Waals surface area contributed by atoms with Gasteiger partial charge in [0, 0.05) is 38.1 Å². The molecule has 5 aromatic rings. The summed E-state index contributed by atoms with van der Waals surface area (Å²) >= 11 is 0. The highest BCUT2D eigenvalue weighted by Gasteiger charge is 2.20. The first-order valence-electron chi connectivity index (χ1n) is 16.0. The third-order valence-corrected chi connectivity index (χ3v) is 8.13. The third kappa shape index (κ3) is 8.63. The van der Waals surface area contributed by atoms with E-state index in [4.69, 9.17) is 4.74 Å². The van der Waals surface area contributed by atoms with Crippen LogP contribution in [0.1, 0.15) is 58.4 Å². The van der Waals surface area contributed by atoms with Crippen LogP contribution in [0.2, 0.25) is 0 Å². The van der Waals surface area contributed by atoms with Gasteiger partial charge in [0.15, 0.2) is 0 Å². The Morgan fingerprint density at radius 1 is 1.02 bits per heavy atom. The van der Waals surface area contributed by atoms with Crippen LogP contribution in [-0.4, -0.2) is 73.7 Å². The number of aliphatic hydroxyl groups excluding tert-OH is 1. The summed E-state index contributed by atoms with van der Waals surface area (Å²) in [6.45, 7) is 3.76. The minimum atomic E-state index is -1.14. The molecule has 2 atom stereocenters. The molecule has 0 fully saturated rings. The number of aryl methyl sites for hydroxylation is 1. The highest BCUT2D eigenvalue weighted by molar-refractivity contribution is 5.92. The molecule has 0 bridgehead atoms. The lowest BCUT2D eigenvalue weighted by molar-refractivity contribution is 0.0780. The highest BCUT2D eigenvalue weighted by Crippen LogP contribution is 2.29. The summed E-state index contributed by atoms with van der Waals surface area (Å²) in [4.78, 5) is 40.8. The van der Waals surface area contributed by atoms with Crippen LogP contribution in [0.4, 0.5) is 4.79 Å². The van der Waals surface area contributed by atoms with Gasteiger partial charge in [-0.15, -0.1) is 0 Å². The fraction of sp³-hybridized carbons (Fsp3) is 0.278. The van der Waals surface area contributed by atoms with Crippen molar-refractivity contribution < 1.29 is 29.6 Å². The van der Waals surface area contributed by atoms with Crippen molar-refractivity contribution in [2.45, 2.75) is 38.6 Å². The lowest BCUT2D eigenvalue weighted by Gasteiger charge is -2.18. The molecular weight excluding hydrogens is 628 g/mol. The van der Waals surface area contributed by atoms with E-state index in [2.05, 4.69) is 20.7 Å². The van der Waals surface area contributed by atoms with Crippen molar-refractivity contribution in [2.75, 3.05) is 26.7 Å². The first-order valence-corrected chi connectivity index (χ1v) is 16.0. The SMILES string of the molecule is CCn1nc(COc2cccc([C@@H](NC(=O)O)c3ccccc3)c2)cc1C(=O)N(C)CCCNCC(O)c1ccc(O)c2[nH]c(=O)ccc12. The molecule has 13 heteroatoms. The largest absolute Gasteiger partial charge is 0.506 e. The molecule has 1 unspecified atom stereocenters. The predicted octanol–water partition coefficient (Wildman–Crippen LogP) is 4.17. The van der Waals surface area contributed by atoms with Crippen molar-refractivity contribution in [1.29, 1.82) is 0 Å². The number of H-pyrrole nitrogens is 1. The number of pyridine rings is 1. The van der Waals surface area contributed by atoms with Crippen LogP contribution in [0.5, 0.6) is 11.5 Å². The Labute approximate surface area is 282 Å². The zero-order chi connectivity index (χ0) is 34.9. The number of nitrogens with one attached hydrogen (secondary N) is 3. The molecule has 0 aliphatic heterocycles. The van der Waals surface area contributed by atoms with E-state index in [-0.39, 0.29) is 35.9 Å². The van der Waals surface area contributed by atoms with Crippen molar-refractivity contribution in [3.63, 3.8) is 0 Å². The van der Waals surface area contributed by atoms with Crippen LogP contribution in [0, 0.1) is 0 Å². The number of carboxylic acid groups (broad SMARTS) is 1. The Morgan fingerprint density at radius 2 is 1.80 bits per heavy atom. The standard InChI is InChI=1S/C36H40N6O7/c1-3-42-29(20-25(40-42)22-49-26-12-7-11-24(19-26)33(39-36(47)48)23-9-5-4-6-10-23)35(46)41(2)18-8-17-37-21-31(44)27-13-15-30(43)34-28(27)14-16-32(45)38-34/h4-7,9-16,19-20,31,33,37,39,43-44H,3,8,17-18,21-22H2,1-2H3,(H,38,45)(H,47,48)/t31?,33-/m0/s1. The Kier molecular flexibility index (Phi) is 11.3. The summed E-state index contributed by atoms with van der Waals surface area (Å²) in [6.07, 6.45) is -1.38. The van der Waals surface area contributed by atoms with E-state index in [0.717, 1.165) is 11.1 Å². The zero-order valence-electron chi connectivity index (χ0n) is 27.3. The predicted molar refractivity (Wildman–Crippen MR) is 184 cm³/mol. The van der Waals surface area contributed by atoms with Crippen molar-refractivity contribution in [3.05, 3.63) is 123 Å². The zero-order valence-corrected chi connectivity index (χ0v) is 27.3. The number of aliphatic hydroxyl groups is 1. The normalized spacial score (nSPS) is 12.4. The molecule has 0 aliphatic carbocycles. The lowest BCUT2D eigenvalue weighted by atomic mass is 9.99.